The molecule has 0 amide bonds. The minimum Gasteiger partial charge on any atom is -0.140 e. The van der Waals surface area contributed by atoms with Crippen LogP contribution in [-0.2, 0) is 0 Å². The van der Waals surface area contributed by atoms with Gasteiger partial charge in [0.05, 0.1) is 0 Å². The molecule has 0 spiro atoms. The highest BCUT2D eigenvalue weighted by atomic mass is 32.1. The van der Waals surface area contributed by atoms with Gasteiger partial charge in [-0.25, -0.2) is 0 Å². The quantitative estimate of drug-likeness (QED) is 0.193. The molecule has 0 atom stereocenters. The second kappa shape index (κ2) is 9.85. The molecule has 1 aliphatic heterocycles. The first-order valence-electron chi connectivity index (χ1n) is 11.9. The Kier molecular flexibility index (Phi) is 7.39. The zero-order valence-electron chi connectivity index (χ0n) is 19.1. The van der Waals surface area contributed by atoms with Crippen molar-refractivity contribution in [2.45, 2.75) is 91.1 Å². The molecule has 0 aliphatic carbocycles. The van der Waals surface area contributed by atoms with Crippen LogP contribution in [0.1, 0.15) is 75.0 Å². The fraction of sp³-hybridized carbons (Fsp3) is 0.538. The number of aryl methyl sites for hydroxylation is 2. The largest absolute Gasteiger partial charge is 0.140 e. The van der Waals surface area contributed by atoms with Crippen LogP contribution in [0, 0.1) is 13.8 Å². The summed E-state index contributed by atoms with van der Waals surface area (Å²) in [5.74, 6) is 0. The molecule has 162 valence electrons. The van der Waals surface area contributed by atoms with Crippen LogP contribution >= 0.6 is 34.0 Å². The third kappa shape index (κ3) is 4.30. The summed E-state index contributed by atoms with van der Waals surface area (Å²) in [6.07, 6.45) is 11.1. The van der Waals surface area contributed by atoms with Crippen molar-refractivity contribution in [3.05, 3.63) is 34.0 Å². The molecule has 4 rings (SSSR count). The number of fused-ring (bicyclic) bond motifs is 3. The third-order valence-electron chi connectivity index (χ3n) is 6.72. The highest BCUT2D eigenvalue weighted by Crippen LogP contribution is 2.46. The van der Waals surface area contributed by atoms with Crippen molar-refractivity contribution in [3.63, 3.8) is 0 Å². The van der Waals surface area contributed by atoms with Crippen LogP contribution < -0.4 is 10.4 Å². The van der Waals surface area contributed by atoms with E-state index >= 15 is 0 Å². The highest BCUT2D eigenvalue weighted by molar-refractivity contribution is 7.31. The van der Waals surface area contributed by atoms with Crippen LogP contribution in [-0.4, -0.2) is 8.07 Å². The van der Waals surface area contributed by atoms with E-state index < -0.39 is 8.07 Å². The lowest BCUT2D eigenvalue weighted by Gasteiger charge is -2.29. The Bertz CT molecular complexity index is 962. The summed E-state index contributed by atoms with van der Waals surface area (Å²) < 4.78 is 0. The molecule has 0 radical (unpaired) electrons. The second-order valence-electron chi connectivity index (χ2n) is 9.07. The molecule has 30 heavy (non-hydrogen) atoms. The predicted octanol–water partition coefficient (Wildman–Crippen LogP) is 8.86. The van der Waals surface area contributed by atoms with Crippen molar-refractivity contribution in [1.29, 1.82) is 0 Å². The first-order valence-corrected chi connectivity index (χ1v) is 16.8. The highest BCUT2D eigenvalue weighted by Gasteiger charge is 2.47. The number of hydrogen-bond acceptors (Lipinski definition) is 3. The second-order valence-corrected chi connectivity index (χ2v) is 16.9. The van der Waals surface area contributed by atoms with Gasteiger partial charge in [0, 0.05) is 29.3 Å². The maximum atomic E-state index is 2.65. The normalized spacial score (nSPS) is 14.3. The lowest BCUT2D eigenvalue weighted by Crippen LogP contribution is -2.54. The molecule has 0 unspecified atom stereocenters. The molecular weight excluding hydrogens is 437 g/mol. The van der Waals surface area contributed by atoms with Crippen LogP contribution in [0.15, 0.2) is 24.3 Å². The van der Waals surface area contributed by atoms with Gasteiger partial charge in [-0.1, -0.05) is 65.2 Å². The summed E-state index contributed by atoms with van der Waals surface area (Å²) in [6, 6.07) is 12.8. The molecule has 4 heterocycles. The molecule has 4 heteroatoms. The van der Waals surface area contributed by atoms with E-state index in [4.69, 9.17) is 0 Å². The first-order chi connectivity index (χ1) is 14.6. The van der Waals surface area contributed by atoms with Crippen LogP contribution in [0.5, 0.6) is 0 Å². The van der Waals surface area contributed by atoms with Crippen molar-refractivity contribution in [2.24, 2.45) is 0 Å². The molecule has 3 aromatic heterocycles. The molecule has 0 N–H and O–H groups in total. The predicted molar refractivity (Wildman–Crippen MR) is 143 cm³/mol. The number of thiophene rings is 3. The van der Waals surface area contributed by atoms with Crippen LogP contribution in [0.3, 0.4) is 0 Å². The zero-order valence-corrected chi connectivity index (χ0v) is 22.6. The lowest BCUT2D eigenvalue weighted by molar-refractivity contribution is 0.684. The maximum absolute atomic E-state index is 2.65. The van der Waals surface area contributed by atoms with E-state index in [0.717, 1.165) is 0 Å². The summed E-state index contributed by atoms with van der Waals surface area (Å²) >= 11 is 6.12. The molecule has 3 aromatic rings. The molecule has 0 saturated heterocycles. The van der Waals surface area contributed by atoms with Crippen LogP contribution in [0.4, 0.5) is 0 Å². The standard InChI is InChI=1S/C26H36S3Si/c1-5-7-9-11-15-30(16-12-10-8-6-2)23-17-20(4)28-25(23)26-24(30)18-22(29-26)21-14-13-19(3)27-21/h13-14,17-18H,5-12,15-16H2,1-4H3. The summed E-state index contributed by atoms with van der Waals surface area (Å²) in [5.41, 5.74) is 0. The Balaban J connectivity index is 1.74. The summed E-state index contributed by atoms with van der Waals surface area (Å²) in [4.78, 5) is 9.25. The van der Waals surface area contributed by atoms with E-state index in [1.54, 1.807) is 9.75 Å². The molecule has 1 aliphatic rings. The van der Waals surface area contributed by atoms with Gasteiger partial charge in [0.2, 0.25) is 0 Å². The van der Waals surface area contributed by atoms with Gasteiger partial charge in [-0.05, 0) is 60.6 Å². The van der Waals surface area contributed by atoms with Gasteiger partial charge in [-0.3, -0.25) is 0 Å². The molecule has 0 aromatic carbocycles. The monoisotopic (exact) mass is 472 g/mol. The van der Waals surface area contributed by atoms with E-state index in [2.05, 4.69) is 74.6 Å². The van der Waals surface area contributed by atoms with Gasteiger partial charge < -0.3 is 0 Å². The fourth-order valence-corrected chi connectivity index (χ4v) is 15.5. The Hall–Kier alpha value is -0.683. The average molecular weight is 473 g/mol. The van der Waals surface area contributed by atoms with E-state index in [9.17, 15) is 0 Å². The topological polar surface area (TPSA) is 0 Å². The molecule has 0 fully saturated rings. The number of rotatable bonds is 11. The summed E-state index contributed by atoms with van der Waals surface area (Å²) in [6.45, 7) is 9.23. The average Bonchev–Trinajstić information content (AvgIpc) is 3.47. The number of hydrogen-bond donors (Lipinski definition) is 0. The molecule has 0 bridgehead atoms. The first kappa shape index (κ1) is 22.5. The van der Waals surface area contributed by atoms with Crippen molar-refractivity contribution in [2.75, 3.05) is 0 Å². The molecule has 0 nitrogen and oxygen atoms in total. The van der Waals surface area contributed by atoms with Crippen molar-refractivity contribution in [3.8, 4) is 19.5 Å². The minimum atomic E-state index is -1.63. The van der Waals surface area contributed by atoms with E-state index in [0.29, 0.717) is 0 Å². The van der Waals surface area contributed by atoms with E-state index in [-0.39, 0.29) is 0 Å². The Morgan fingerprint density at radius 1 is 0.633 bits per heavy atom. The van der Waals surface area contributed by atoms with Gasteiger partial charge in [0.15, 0.2) is 0 Å². The minimum absolute atomic E-state index is 1.33. The fourth-order valence-electron chi connectivity index (χ4n) is 5.16. The molecular formula is C26H36S3Si. The van der Waals surface area contributed by atoms with Crippen molar-refractivity contribution >= 4 is 52.5 Å². The zero-order chi connectivity index (χ0) is 21.1. The smallest absolute Gasteiger partial charge is 0.122 e. The maximum Gasteiger partial charge on any atom is 0.122 e. The van der Waals surface area contributed by atoms with Crippen molar-refractivity contribution in [1.82, 2.24) is 0 Å². The van der Waals surface area contributed by atoms with Crippen molar-refractivity contribution < 1.29 is 0 Å². The van der Waals surface area contributed by atoms with Gasteiger partial charge in [0.25, 0.3) is 0 Å². The van der Waals surface area contributed by atoms with Gasteiger partial charge >= 0.3 is 0 Å². The Morgan fingerprint density at radius 2 is 1.27 bits per heavy atom. The van der Waals surface area contributed by atoms with E-state index in [1.165, 1.54) is 83.0 Å². The lowest BCUT2D eigenvalue weighted by atomic mass is 10.2. The van der Waals surface area contributed by atoms with Gasteiger partial charge in [-0.2, -0.15) is 0 Å². The Labute approximate surface area is 196 Å². The SMILES string of the molecule is CCCCCC[Si]1(CCCCCC)c2cc(C)sc2-c2sc(-c3ccc(C)s3)cc21. The van der Waals surface area contributed by atoms with E-state index in [1.807, 2.05) is 21.7 Å². The number of unbranched alkanes of at least 4 members (excludes halogenated alkanes) is 6. The van der Waals surface area contributed by atoms with Gasteiger partial charge in [-0.15, -0.1) is 34.0 Å². The van der Waals surface area contributed by atoms with Crippen LogP contribution in [0.25, 0.3) is 19.5 Å². The third-order valence-corrected chi connectivity index (χ3v) is 15.9. The summed E-state index contributed by atoms with van der Waals surface area (Å²) in [7, 11) is -1.63. The van der Waals surface area contributed by atoms with Gasteiger partial charge in [0.1, 0.15) is 8.07 Å². The van der Waals surface area contributed by atoms with Crippen LogP contribution in [0.2, 0.25) is 12.1 Å². The Morgan fingerprint density at radius 3 is 1.87 bits per heavy atom. The summed E-state index contributed by atoms with van der Waals surface area (Å²) in [5, 5.41) is 3.62. The molecule has 0 saturated carbocycles.